The highest BCUT2D eigenvalue weighted by molar-refractivity contribution is 5.81. The number of nitrogens with zero attached hydrogens (tertiary/aromatic N) is 3. The zero-order valence-electron chi connectivity index (χ0n) is 21.0. The van der Waals surface area contributed by atoms with E-state index in [2.05, 4.69) is 26.8 Å². The third-order valence-corrected chi connectivity index (χ3v) is 7.17. The number of fused-ring (bicyclic) bond motifs is 1. The van der Waals surface area contributed by atoms with E-state index in [1.54, 1.807) is 48.0 Å². The fourth-order valence-corrected chi connectivity index (χ4v) is 5.61. The molecule has 2 unspecified atom stereocenters. The Morgan fingerprint density at radius 3 is 2.37 bits per heavy atom. The van der Waals surface area contributed by atoms with Gasteiger partial charge in [-0.25, -0.2) is 28.3 Å². The minimum atomic E-state index is -1.03. The second-order valence-electron chi connectivity index (χ2n) is 10.2. The lowest BCUT2D eigenvalue weighted by Gasteiger charge is -2.41. The van der Waals surface area contributed by atoms with Crippen molar-refractivity contribution in [3.8, 4) is 5.69 Å². The van der Waals surface area contributed by atoms with Crippen molar-refractivity contribution in [3.05, 3.63) is 97.9 Å². The molecule has 2 atom stereocenters. The number of hydrogen-bond acceptors (Lipinski definition) is 3. The van der Waals surface area contributed by atoms with E-state index in [0.717, 1.165) is 30.9 Å². The molecule has 7 heteroatoms. The zero-order valence-corrected chi connectivity index (χ0v) is 21.0. The van der Waals surface area contributed by atoms with Crippen LogP contribution in [0.5, 0.6) is 0 Å². The summed E-state index contributed by atoms with van der Waals surface area (Å²) in [5.41, 5.74) is 3.55. The minimum absolute atomic E-state index is 0.109. The summed E-state index contributed by atoms with van der Waals surface area (Å²) in [6, 6.07) is 8.08. The molecule has 0 spiro atoms. The van der Waals surface area contributed by atoms with Gasteiger partial charge in [-0.2, -0.15) is 0 Å². The third-order valence-electron chi connectivity index (χ3n) is 7.17. The molecule has 2 aromatic rings. The van der Waals surface area contributed by atoms with Crippen molar-refractivity contribution < 1.29 is 9.90 Å². The van der Waals surface area contributed by atoms with E-state index in [9.17, 15) is 14.4 Å². The molecule has 1 aromatic heterocycles. The molecule has 1 aliphatic heterocycles. The van der Waals surface area contributed by atoms with Crippen molar-refractivity contribution in [1.29, 1.82) is 0 Å². The van der Waals surface area contributed by atoms with Gasteiger partial charge < -0.3 is 5.11 Å². The second kappa shape index (κ2) is 9.21. The maximum absolute atomic E-state index is 13.9. The van der Waals surface area contributed by atoms with Crippen molar-refractivity contribution in [3.63, 3.8) is 0 Å². The summed E-state index contributed by atoms with van der Waals surface area (Å²) in [4.78, 5) is 38.7. The number of benzene rings is 1. The highest BCUT2D eigenvalue weighted by atomic mass is 16.4. The average molecular weight is 476 g/mol. The first-order chi connectivity index (χ1) is 16.5. The van der Waals surface area contributed by atoms with E-state index < -0.39 is 17.7 Å². The predicted molar refractivity (Wildman–Crippen MR) is 137 cm³/mol. The maximum Gasteiger partial charge on any atom is 0.352 e. The van der Waals surface area contributed by atoms with Crippen molar-refractivity contribution in [2.75, 3.05) is 0 Å². The van der Waals surface area contributed by atoms with Crippen LogP contribution in [0.15, 0.2) is 86.5 Å². The number of rotatable bonds is 5. The molecular weight excluding hydrogens is 442 g/mol. The van der Waals surface area contributed by atoms with E-state index in [0.29, 0.717) is 11.3 Å². The Morgan fingerprint density at radius 1 is 1.09 bits per heavy atom. The van der Waals surface area contributed by atoms with Crippen LogP contribution in [-0.2, 0) is 4.79 Å². The van der Waals surface area contributed by atoms with Crippen LogP contribution >= 0.6 is 0 Å². The van der Waals surface area contributed by atoms with Gasteiger partial charge in [-0.3, -0.25) is 0 Å². The van der Waals surface area contributed by atoms with Crippen LogP contribution < -0.4 is 11.4 Å². The van der Waals surface area contributed by atoms with Gasteiger partial charge in [-0.1, -0.05) is 55.8 Å². The number of para-hydroxylation sites is 1. The van der Waals surface area contributed by atoms with Gasteiger partial charge in [0.2, 0.25) is 0 Å². The average Bonchev–Trinajstić information content (AvgIpc) is 3.03. The van der Waals surface area contributed by atoms with E-state index in [4.69, 9.17) is 5.11 Å². The Hall–Kier alpha value is -3.61. The molecule has 0 saturated heterocycles. The van der Waals surface area contributed by atoms with Crippen LogP contribution in [0.25, 0.3) is 5.69 Å². The molecular formula is C28H33N3O4. The zero-order chi connectivity index (χ0) is 25.5. The quantitative estimate of drug-likeness (QED) is 0.376. The van der Waals surface area contributed by atoms with Gasteiger partial charge in [-0.15, -0.1) is 0 Å². The van der Waals surface area contributed by atoms with Gasteiger partial charge >= 0.3 is 17.3 Å². The number of carboxylic acids is 1. The lowest BCUT2D eigenvalue weighted by Crippen LogP contribution is -2.40. The van der Waals surface area contributed by atoms with Crippen molar-refractivity contribution in [1.82, 2.24) is 13.9 Å². The number of aliphatic carboxylic acids is 1. The van der Waals surface area contributed by atoms with Gasteiger partial charge in [0, 0.05) is 6.08 Å². The summed E-state index contributed by atoms with van der Waals surface area (Å²) < 4.78 is 4.36. The normalized spacial score (nSPS) is 22.3. The molecule has 1 aromatic carbocycles. The molecule has 1 aliphatic carbocycles. The standard InChI is InChI=1S/C28H33N3O4/c1-18(16-24(32)33)13-14-22-20(3)17-23(25-19(2)10-9-15-28(25,4)5)31-27(35)29(26(34)30(22)31)21-11-7-6-8-12-21/h6-8,11-14,16-17,22-23H,9-10,15H2,1-5H3,(H,32,33)/b14-13+,18-16+. The van der Waals surface area contributed by atoms with E-state index in [-0.39, 0.29) is 17.1 Å². The Balaban J connectivity index is 1.99. The second-order valence-corrected chi connectivity index (χ2v) is 10.2. The minimum Gasteiger partial charge on any atom is -0.478 e. The highest BCUT2D eigenvalue weighted by Gasteiger charge is 2.39. The molecule has 0 saturated carbocycles. The summed E-state index contributed by atoms with van der Waals surface area (Å²) in [5.74, 6) is -1.03. The molecule has 2 aliphatic rings. The molecule has 0 bridgehead atoms. The summed E-state index contributed by atoms with van der Waals surface area (Å²) in [7, 11) is 0. The molecule has 35 heavy (non-hydrogen) atoms. The van der Waals surface area contributed by atoms with Crippen LogP contribution in [0, 0.1) is 5.41 Å². The molecule has 184 valence electrons. The van der Waals surface area contributed by atoms with Crippen molar-refractivity contribution >= 4 is 5.97 Å². The first kappa shape index (κ1) is 24.5. The van der Waals surface area contributed by atoms with Gasteiger partial charge in [0.25, 0.3) is 0 Å². The van der Waals surface area contributed by atoms with Crippen LogP contribution in [0.4, 0.5) is 0 Å². The molecule has 0 radical (unpaired) electrons. The van der Waals surface area contributed by atoms with Crippen LogP contribution in [0.2, 0.25) is 0 Å². The monoisotopic (exact) mass is 475 g/mol. The summed E-state index contributed by atoms with van der Waals surface area (Å²) in [5, 5.41) is 9.06. The SMILES string of the molecule is CC1=CC(C2=C(C)CCCC2(C)C)n2c(=O)n(-c3ccccc3)c(=O)n2C1/C=C/C(C)=C/C(=O)O. The number of carboxylic acid groups (broad SMARTS) is 1. The number of hydrogen-bond donors (Lipinski definition) is 1. The van der Waals surface area contributed by atoms with Crippen molar-refractivity contribution in [2.45, 2.75) is 66.0 Å². The Labute approximate surface area is 205 Å². The lowest BCUT2D eigenvalue weighted by atomic mass is 9.69. The van der Waals surface area contributed by atoms with Crippen LogP contribution in [0.1, 0.15) is 66.0 Å². The van der Waals surface area contributed by atoms with Crippen LogP contribution in [0.3, 0.4) is 0 Å². The van der Waals surface area contributed by atoms with E-state index in [1.165, 1.54) is 20.4 Å². The number of carbonyl (C=O) groups is 1. The predicted octanol–water partition coefficient (Wildman–Crippen LogP) is 4.96. The molecule has 2 heterocycles. The lowest BCUT2D eigenvalue weighted by molar-refractivity contribution is -0.131. The number of allylic oxidation sites excluding steroid dienone is 7. The van der Waals surface area contributed by atoms with E-state index in [1.807, 2.05) is 13.0 Å². The summed E-state index contributed by atoms with van der Waals surface area (Å²) in [6.07, 6.45) is 9.78. The smallest absolute Gasteiger partial charge is 0.352 e. The van der Waals surface area contributed by atoms with Gasteiger partial charge in [0.1, 0.15) is 0 Å². The van der Waals surface area contributed by atoms with Gasteiger partial charge in [0.15, 0.2) is 0 Å². The number of aromatic nitrogens is 3. The van der Waals surface area contributed by atoms with E-state index >= 15 is 0 Å². The molecule has 0 fully saturated rings. The highest BCUT2D eigenvalue weighted by Crippen LogP contribution is 2.47. The molecule has 7 nitrogen and oxygen atoms in total. The third kappa shape index (κ3) is 4.43. The molecule has 4 rings (SSSR count). The molecule has 1 N–H and O–H groups in total. The Bertz CT molecular complexity index is 1390. The van der Waals surface area contributed by atoms with Crippen LogP contribution in [-0.4, -0.2) is 25.0 Å². The summed E-state index contributed by atoms with van der Waals surface area (Å²) in [6.45, 7) is 10.2. The molecule has 0 amide bonds. The van der Waals surface area contributed by atoms with Gasteiger partial charge in [-0.05, 0) is 74.3 Å². The Morgan fingerprint density at radius 2 is 1.74 bits per heavy atom. The first-order valence-electron chi connectivity index (χ1n) is 12.0. The largest absolute Gasteiger partial charge is 0.478 e. The first-order valence-corrected chi connectivity index (χ1v) is 12.0. The summed E-state index contributed by atoms with van der Waals surface area (Å²) >= 11 is 0. The Kier molecular flexibility index (Phi) is 6.45. The topological polar surface area (TPSA) is 86.2 Å². The van der Waals surface area contributed by atoms with Gasteiger partial charge in [0.05, 0.1) is 17.8 Å². The fourth-order valence-electron chi connectivity index (χ4n) is 5.61. The van der Waals surface area contributed by atoms with Crippen molar-refractivity contribution in [2.24, 2.45) is 5.41 Å². The fraction of sp³-hybridized carbons (Fsp3) is 0.393. The maximum atomic E-state index is 13.9.